The number of benzene rings is 2. The standard InChI is InChI=1S/C15H12ClFN4/c16-12-4-3-5-13(17)11(12)8-19-14-6-1-2-7-15(14)21-10-18-9-20-21/h1-7,9-10,19H,8H2. The molecule has 0 atom stereocenters. The molecule has 1 aromatic heterocycles. The van der Waals surface area contributed by atoms with E-state index in [1.165, 1.54) is 12.4 Å². The molecule has 3 rings (SSSR count). The van der Waals surface area contributed by atoms with Crippen molar-refractivity contribution >= 4 is 17.3 Å². The summed E-state index contributed by atoms with van der Waals surface area (Å²) >= 11 is 6.03. The van der Waals surface area contributed by atoms with Gasteiger partial charge in [-0.2, -0.15) is 5.10 Å². The molecule has 0 spiro atoms. The molecule has 0 fully saturated rings. The minimum atomic E-state index is -0.326. The molecule has 1 heterocycles. The summed E-state index contributed by atoms with van der Waals surface area (Å²) in [5.74, 6) is -0.326. The molecule has 0 amide bonds. The molecule has 2 aromatic carbocycles. The van der Waals surface area contributed by atoms with Crippen LogP contribution in [0.25, 0.3) is 5.69 Å². The van der Waals surface area contributed by atoms with Crippen molar-refractivity contribution in [2.45, 2.75) is 6.54 Å². The predicted octanol–water partition coefficient (Wildman–Crippen LogP) is 3.67. The van der Waals surface area contributed by atoms with Crippen LogP contribution in [0.5, 0.6) is 0 Å². The molecule has 106 valence electrons. The first kappa shape index (κ1) is 13.6. The zero-order valence-electron chi connectivity index (χ0n) is 11.0. The van der Waals surface area contributed by atoms with E-state index in [4.69, 9.17) is 11.6 Å². The summed E-state index contributed by atoms with van der Waals surface area (Å²) in [5, 5.41) is 7.69. The Morgan fingerprint density at radius 3 is 2.76 bits per heavy atom. The molecule has 0 saturated carbocycles. The molecule has 0 aliphatic carbocycles. The summed E-state index contributed by atoms with van der Waals surface area (Å²) in [7, 11) is 0. The summed E-state index contributed by atoms with van der Waals surface area (Å²) in [5.41, 5.74) is 2.09. The number of aromatic nitrogens is 3. The molecule has 4 nitrogen and oxygen atoms in total. The van der Waals surface area contributed by atoms with Crippen molar-refractivity contribution in [1.82, 2.24) is 14.8 Å². The summed E-state index contributed by atoms with van der Waals surface area (Å²) in [4.78, 5) is 3.93. The van der Waals surface area contributed by atoms with Crippen molar-refractivity contribution in [1.29, 1.82) is 0 Å². The van der Waals surface area contributed by atoms with Crippen molar-refractivity contribution in [3.8, 4) is 5.69 Å². The minimum absolute atomic E-state index is 0.289. The van der Waals surface area contributed by atoms with Crippen LogP contribution < -0.4 is 5.32 Å². The van der Waals surface area contributed by atoms with Gasteiger partial charge in [0.1, 0.15) is 18.5 Å². The quantitative estimate of drug-likeness (QED) is 0.799. The normalized spacial score (nSPS) is 10.6. The Balaban J connectivity index is 1.86. The average Bonchev–Trinajstić information content (AvgIpc) is 3.01. The molecular weight excluding hydrogens is 291 g/mol. The van der Waals surface area contributed by atoms with Crippen molar-refractivity contribution in [2.75, 3.05) is 5.32 Å². The van der Waals surface area contributed by atoms with Crippen molar-refractivity contribution in [2.24, 2.45) is 0 Å². The largest absolute Gasteiger partial charge is 0.379 e. The smallest absolute Gasteiger partial charge is 0.138 e. The highest BCUT2D eigenvalue weighted by Crippen LogP contribution is 2.23. The lowest BCUT2D eigenvalue weighted by Gasteiger charge is -2.12. The van der Waals surface area contributed by atoms with Crippen LogP contribution in [0.2, 0.25) is 5.02 Å². The fourth-order valence-corrected chi connectivity index (χ4v) is 2.27. The van der Waals surface area contributed by atoms with E-state index in [1.54, 1.807) is 23.1 Å². The molecule has 1 N–H and O–H groups in total. The van der Waals surface area contributed by atoms with E-state index in [1.807, 2.05) is 24.3 Å². The van der Waals surface area contributed by atoms with Crippen LogP contribution in [0.15, 0.2) is 55.1 Å². The van der Waals surface area contributed by atoms with Crippen LogP contribution in [0.1, 0.15) is 5.56 Å². The Labute approximate surface area is 126 Å². The van der Waals surface area contributed by atoms with Gasteiger partial charge < -0.3 is 5.32 Å². The minimum Gasteiger partial charge on any atom is -0.379 e. The highest BCUT2D eigenvalue weighted by molar-refractivity contribution is 6.31. The van der Waals surface area contributed by atoms with Gasteiger partial charge in [-0.15, -0.1) is 0 Å². The number of halogens is 2. The predicted molar refractivity (Wildman–Crippen MR) is 80.1 cm³/mol. The number of nitrogens with zero attached hydrogens (tertiary/aromatic N) is 3. The molecule has 0 saturated heterocycles. The van der Waals surface area contributed by atoms with E-state index in [0.717, 1.165) is 11.4 Å². The van der Waals surface area contributed by atoms with Crippen LogP contribution in [0, 0.1) is 5.82 Å². The third-order valence-corrected chi connectivity index (χ3v) is 3.44. The maximum Gasteiger partial charge on any atom is 0.138 e. The molecular formula is C15H12ClFN4. The van der Waals surface area contributed by atoms with E-state index in [-0.39, 0.29) is 12.4 Å². The van der Waals surface area contributed by atoms with Crippen LogP contribution in [0.4, 0.5) is 10.1 Å². The van der Waals surface area contributed by atoms with Gasteiger partial charge in [-0.1, -0.05) is 29.8 Å². The highest BCUT2D eigenvalue weighted by atomic mass is 35.5. The Bertz CT molecular complexity index is 723. The van der Waals surface area contributed by atoms with E-state index in [9.17, 15) is 4.39 Å². The van der Waals surface area contributed by atoms with Gasteiger partial charge in [0.05, 0.1) is 11.4 Å². The van der Waals surface area contributed by atoms with E-state index in [2.05, 4.69) is 15.4 Å². The summed E-state index contributed by atoms with van der Waals surface area (Å²) in [6, 6.07) is 12.2. The van der Waals surface area contributed by atoms with E-state index < -0.39 is 0 Å². The lowest BCUT2D eigenvalue weighted by molar-refractivity contribution is 0.613. The Morgan fingerprint density at radius 2 is 2.00 bits per heavy atom. The number of hydrogen-bond donors (Lipinski definition) is 1. The van der Waals surface area contributed by atoms with Gasteiger partial charge in [0, 0.05) is 17.1 Å². The fraction of sp³-hybridized carbons (Fsp3) is 0.0667. The summed E-state index contributed by atoms with van der Waals surface area (Å²) < 4.78 is 15.4. The molecule has 0 radical (unpaired) electrons. The maximum atomic E-state index is 13.8. The Kier molecular flexibility index (Phi) is 3.83. The third-order valence-electron chi connectivity index (χ3n) is 3.09. The monoisotopic (exact) mass is 302 g/mol. The number of anilines is 1. The van der Waals surface area contributed by atoms with E-state index >= 15 is 0 Å². The Morgan fingerprint density at radius 1 is 1.14 bits per heavy atom. The topological polar surface area (TPSA) is 42.7 Å². The summed E-state index contributed by atoms with van der Waals surface area (Å²) in [6.07, 6.45) is 3.07. The van der Waals surface area contributed by atoms with Crippen molar-refractivity contribution in [3.05, 3.63) is 71.5 Å². The lowest BCUT2D eigenvalue weighted by Crippen LogP contribution is -2.06. The van der Waals surface area contributed by atoms with Crippen LogP contribution in [0.3, 0.4) is 0 Å². The lowest BCUT2D eigenvalue weighted by atomic mass is 10.2. The second-order valence-corrected chi connectivity index (χ2v) is 4.82. The number of para-hydroxylation sites is 2. The first-order chi connectivity index (χ1) is 10.3. The van der Waals surface area contributed by atoms with Gasteiger partial charge >= 0.3 is 0 Å². The third kappa shape index (κ3) is 2.87. The Hall–Kier alpha value is -2.40. The number of rotatable bonds is 4. The maximum absolute atomic E-state index is 13.8. The van der Waals surface area contributed by atoms with Gasteiger partial charge in [0.15, 0.2) is 0 Å². The van der Waals surface area contributed by atoms with Crippen LogP contribution in [-0.4, -0.2) is 14.8 Å². The summed E-state index contributed by atoms with van der Waals surface area (Å²) in [6.45, 7) is 0.289. The van der Waals surface area contributed by atoms with Gasteiger partial charge in [-0.3, -0.25) is 0 Å². The van der Waals surface area contributed by atoms with Gasteiger partial charge in [0.2, 0.25) is 0 Å². The highest BCUT2D eigenvalue weighted by Gasteiger charge is 2.09. The van der Waals surface area contributed by atoms with Gasteiger partial charge in [-0.05, 0) is 24.3 Å². The zero-order valence-corrected chi connectivity index (χ0v) is 11.8. The molecule has 3 aromatic rings. The number of hydrogen-bond acceptors (Lipinski definition) is 3. The first-order valence-electron chi connectivity index (χ1n) is 6.36. The zero-order chi connectivity index (χ0) is 14.7. The van der Waals surface area contributed by atoms with Crippen LogP contribution >= 0.6 is 11.6 Å². The molecule has 21 heavy (non-hydrogen) atoms. The van der Waals surface area contributed by atoms with Crippen molar-refractivity contribution < 1.29 is 4.39 Å². The van der Waals surface area contributed by atoms with Crippen molar-refractivity contribution in [3.63, 3.8) is 0 Å². The molecule has 6 heteroatoms. The molecule has 0 aliphatic rings. The molecule has 0 bridgehead atoms. The average molecular weight is 303 g/mol. The molecule has 0 unspecified atom stereocenters. The van der Waals surface area contributed by atoms with Gasteiger partial charge in [0.25, 0.3) is 0 Å². The second-order valence-electron chi connectivity index (χ2n) is 4.41. The fourth-order valence-electron chi connectivity index (χ4n) is 2.04. The first-order valence-corrected chi connectivity index (χ1v) is 6.74. The number of nitrogens with one attached hydrogen (secondary N) is 1. The SMILES string of the molecule is Fc1cccc(Cl)c1CNc1ccccc1-n1cncn1. The second kappa shape index (κ2) is 5.93. The van der Waals surface area contributed by atoms with Gasteiger partial charge in [-0.25, -0.2) is 14.1 Å². The van der Waals surface area contributed by atoms with Crippen LogP contribution in [-0.2, 0) is 6.54 Å². The van der Waals surface area contributed by atoms with E-state index in [0.29, 0.717) is 10.6 Å². The molecule has 0 aliphatic heterocycles.